The first-order valence-electron chi connectivity index (χ1n) is 8.52. The molecule has 1 aliphatic rings. The number of unbranched alkanes of at least 4 members (excludes halogenated alkanes) is 3. The van der Waals surface area contributed by atoms with E-state index in [0.717, 1.165) is 18.0 Å². The Morgan fingerprint density at radius 3 is 2.56 bits per heavy atom. The Bertz CT molecular complexity index is 190. The maximum Gasteiger partial charge on any atom is 0.00696 e. The largest absolute Gasteiger partial charge is 0.312 e. The fourth-order valence-electron chi connectivity index (χ4n) is 3.32. The summed E-state index contributed by atoms with van der Waals surface area (Å²) >= 11 is 0. The van der Waals surface area contributed by atoms with Crippen LogP contribution < -0.4 is 5.32 Å². The van der Waals surface area contributed by atoms with E-state index in [1.54, 1.807) is 0 Å². The molecule has 0 aromatic heterocycles. The van der Waals surface area contributed by atoms with Crippen molar-refractivity contribution in [3.63, 3.8) is 0 Å². The van der Waals surface area contributed by atoms with E-state index in [9.17, 15) is 0 Å². The van der Waals surface area contributed by atoms with Gasteiger partial charge < -0.3 is 5.32 Å². The van der Waals surface area contributed by atoms with Gasteiger partial charge in [0.2, 0.25) is 0 Å². The Morgan fingerprint density at radius 1 is 1.00 bits per heavy atom. The smallest absolute Gasteiger partial charge is 0.00696 e. The van der Waals surface area contributed by atoms with Gasteiger partial charge in [0.05, 0.1) is 0 Å². The highest BCUT2D eigenvalue weighted by Crippen LogP contribution is 2.25. The van der Waals surface area contributed by atoms with E-state index in [1.807, 2.05) is 0 Å². The van der Waals surface area contributed by atoms with Crippen molar-refractivity contribution in [2.75, 3.05) is 0 Å². The molecule has 0 radical (unpaired) electrons. The van der Waals surface area contributed by atoms with Gasteiger partial charge in [0.1, 0.15) is 0 Å². The van der Waals surface area contributed by atoms with E-state index in [2.05, 4.69) is 26.1 Å². The van der Waals surface area contributed by atoms with Crippen molar-refractivity contribution in [2.45, 2.75) is 103 Å². The van der Waals surface area contributed by atoms with E-state index in [0.29, 0.717) is 0 Å². The molecule has 1 saturated carbocycles. The zero-order chi connectivity index (χ0) is 13.2. The van der Waals surface area contributed by atoms with Gasteiger partial charge in [-0.05, 0) is 38.5 Å². The van der Waals surface area contributed by atoms with Crippen LogP contribution in [0.2, 0.25) is 0 Å². The zero-order valence-electron chi connectivity index (χ0n) is 13.0. The number of hydrogen-bond acceptors (Lipinski definition) is 1. The number of rotatable bonds is 8. The van der Waals surface area contributed by atoms with Gasteiger partial charge in [0.25, 0.3) is 0 Å². The molecule has 0 amide bonds. The molecule has 108 valence electrons. The van der Waals surface area contributed by atoms with Crippen LogP contribution in [0.1, 0.15) is 91.4 Å². The standard InChI is InChI=1S/C17H35N/c1-4-6-7-8-10-15(3)18-17-12-9-11-16(5-2)13-14-17/h15-18H,4-14H2,1-3H3. The highest BCUT2D eigenvalue weighted by Gasteiger charge is 2.18. The number of hydrogen-bond donors (Lipinski definition) is 1. The van der Waals surface area contributed by atoms with Crippen molar-refractivity contribution in [3.8, 4) is 0 Å². The Balaban J connectivity index is 2.12. The average Bonchev–Trinajstić information content (AvgIpc) is 2.60. The zero-order valence-corrected chi connectivity index (χ0v) is 13.0. The molecule has 1 nitrogen and oxygen atoms in total. The van der Waals surface area contributed by atoms with Crippen LogP contribution in [-0.2, 0) is 0 Å². The van der Waals surface area contributed by atoms with Crippen molar-refractivity contribution in [1.29, 1.82) is 0 Å². The minimum Gasteiger partial charge on any atom is -0.312 e. The molecule has 0 aliphatic heterocycles. The van der Waals surface area contributed by atoms with E-state index in [1.165, 1.54) is 70.6 Å². The topological polar surface area (TPSA) is 12.0 Å². The van der Waals surface area contributed by atoms with Gasteiger partial charge >= 0.3 is 0 Å². The summed E-state index contributed by atoms with van der Waals surface area (Å²) in [6, 6.07) is 1.53. The first kappa shape index (κ1) is 16.0. The van der Waals surface area contributed by atoms with Crippen LogP contribution in [0, 0.1) is 5.92 Å². The van der Waals surface area contributed by atoms with Gasteiger partial charge in [0, 0.05) is 12.1 Å². The molecule has 0 aromatic rings. The Labute approximate surface area is 115 Å². The monoisotopic (exact) mass is 253 g/mol. The van der Waals surface area contributed by atoms with Gasteiger partial charge in [-0.25, -0.2) is 0 Å². The molecule has 3 unspecified atom stereocenters. The minimum atomic E-state index is 0.727. The average molecular weight is 253 g/mol. The van der Waals surface area contributed by atoms with Crippen LogP contribution in [-0.4, -0.2) is 12.1 Å². The Morgan fingerprint density at radius 2 is 1.83 bits per heavy atom. The van der Waals surface area contributed by atoms with E-state index in [4.69, 9.17) is 0 Å². The Kier molecular flexibility index (Phi) is 8.75. The normalized spacial score (nSPS) is 26.8. The second-order valence-electron chi connectivity index (χ2n) is 6.40. The summed E-state index contributed by atoms with van der Waals surface area (Å²) in [4.78, 5) is 0. The molecule has 0 heterocycles. The van der Waals surface area contributed by atoms with E-state index in [-0.39, 0.29) is 0 Å². The van der Waals surface area contributed by atoms with Gasteiger partial charge in [-0.3, -0.25) is 0 Å². The lowest BCUT2D eigenvalue weighted by Crippen LogP contribution is -2.36. The predicted octanol–water partition coefficient (Wildman–Crippen LogP) is 5.29. The van der Waals surface area contributed by atoms with Crippen LogP contribution in [0.25, 0.3) is 0 Å². The lowest BCUT2D eigenvalue weighted by atomic mass is 9.97. The maximum absolute atomic E-state index is 3.88. The van der Waals surface area contributed by atoms with Crippen LogP contribution >= 0.6 is 0 Å². The van der Waals surface area contributed by atoms with Crippen LogP contribution in [0.15, 0.2) is 0 Å². The third-order valence-corrected chi connectivity index (χ3v) is 4.68. The first-order chi connectivity index (χ1) is 8.76. The molecule has 18 heavy (non-hydrogen) atoms. The summed E-state index contributed by atoms with van der Waals surface area (Å²) in [5, 5.41) is 3.88. The summed E-state index contributed by atoms with van der Waals surface area (Å²) in [6.45, 7) is 7.03. The lowest BCUT2D eigenvalue weighted by Gasteiger charge is -2.22. The van der Waals surface area contributed by atoms with Gasteiger partial charge in [-0.2, -0.15) is 0 Å². The Hall–Kier alpha value is -0.0400. The molecule has 3 atom stereocenters. The third kappa shape index (κ3) is 6.78. The van der Waals surface area contributed by atoms with Crippen molar-refractivity contribution >= 4 is 0 Å². The van der Waals surface area contributed by atoms with Crippen molar-refractivity contribution in [2.24, 2.45) is 5.92 Å². The molecule has 1 aliphatic carbocycles. The van der Waals surface area contributed by atoms with Crippen LogP contribution in [0.3, 0.4) is 0 Å². The molecule has 1 heteroatoms. The molecule has 1 fully saturated rings. The third-order valence-electron chi connectivity index (χ3n) is 4.68. The van der Waals surface area contributed by atoms with Crippen molar-refractivity contribution < 1.29 is 0 Å². The highest BCUT2D eigenvalue weighted by atomic mass is 14.9. The molecule has 1 N–H and O–H groups in total. The summed E-state index contributed by atoms with van der Waals surface area (Å²) in [7, 11) is 0. The van der Waals surface area contributed by atoms with Crippen molar-refractivity contribution in [3.05, 3.63) is 0 Å². The summed E-state index contributed by atoms with van der Waals surface area (Å²) < 4.78 is 0. The molecule has 1 rings (SSSR count). The molecule has 0 saturated heterocycles. The summed E-state index contributed by atoms with van der Waals surface area (Å²) in [5.41, 5.74) is 0. The quantitative estimate of drug-likeness (QED) is 0.457. The van der Waals surface area contributed by atoms with Crippen LogP contribution in [0.4, 0.5) is 0 Å². The lowest BCUT2D eigenvalue weighted by molar-refractivity contribution is 0.377. The van der Waals surface area contributed by atoms with E-state index < -0.39 is 0 Å². The molecular weight excluding hydrogens is 218 g/mol. The second-order valence-corrected chi connectivity index (χ2v) is 6.40. The van der Waals surface area contributed by atoms with Gasteiger partial charge in [0.15, 0.2) is 0 Å². The fraction of sp³-hybridized carbons (Fsp3) is 1.00. The van der Waals surface area contributed by atoms with E-state index >= 15 is 0 Å². The molecule has 0 spiro atoms. The highest BCUT2D eigenvalue weighted by molar-refractivity contribution is 4.77. The second kappa shape index (κ2) is 9.83. The fourth-order valence-corrected chi connectivity index (χ4v) is 3.32. The van der Waals surface area contributed by atoms with Gasteiger partial charge in [-0.15, -0.1) is 0 Å². The predicted molar refractivity (Wildman–Crippen MR) is 82.0 cm³/mol. The van der Waals surface area contributed by atoms with Crippen LogP contribution in [0.5, 0.6) is 0 Å². The number of nitrogens with one attached hydrogen (secondary N) is 1. The minimum absolute atomic E-state index is 0.727. The first-order valence-corrected chi connectivity index (χ1v) is 8.52. The molecule has 0 aromatic carbocycles. The summed E-state index contributed by atoms with van der Waals surface area (Å²) in [6.07, 6.45) is 15.5. The molecule has 0 bridgehead atoms. The molecular formula is C17H35N. The maximum atomic E-state index is 3.88. The summed E-state index contributed by atoms with van der Waals surface area (Å²) in [5.74, 6) is 1.01. The van der Waals surface area contributed by atoms with Crippen molar-refractivity contribution in [1.82, 2.24) is 5.32 Å². The SMILES string of the molecule is CCCCCCC(C)NC1CCCC(CC)CC1. The van der Waals surface area contributed by atoms with Gasteiger partial charge in [-0.1, -0.05) is 58.8 Å².